The van der Waals surface area contributed by atoms with Crippen molar-refractivity contribution in [1.82, 2.24) is 15.3 Å². The van der Waals surface area contributed by atoms with E-state index in [9.17, 15) is 9.18 Å². The molecule has 3 aliphatic rings. The number of nitrogens with one attached hydrogen (secondary N) is 3. The van der Waals surface area contributed by atoms with Crippen LogP contribution in [0.25, 0.3) is 21.9 Å². The Morgan fingerprint density at radius 3 is 2.66 bits per heavy atom. The van der Waals surface area contributed by atoms with Gasteiger partial charge < -0.3 is 20.5 Å². The van der Waals surface area contributed by atoms with Crippen LogP contribution in [0.2, 0.25) is 0 Å². The lowest BCUT2D eigenvalue weighted by atomic mass is 9.98. The highest BCUT2D eigenvalue weighted by Gasteiger charge is 2.40. The molecule has 2 aliphatic heterocycles. The molecule has 1 aromatic carbocycles. The maximum atomic E-state index is 14.7. The van der Waals surface area contributed by atoms with Gasteiger partial charge in [-0.1, -0.05) is 0 Å². The number of hydrogen-bond acceptors (Lipinski definition) is 6. The van der Waals surface area contributed by atoms with E-state index in [-0.39, 0.29) is 5.82 Å². The summed E-state index contributed by atoms with van der Waals surface area (Å²) >= 11 is 0. The number of piperidine rings is 1. The van der Waals surface area contributed by atoms with E-state index < -0.39 is 11.9 Å². The first kappa shape index (κ1) is 20.4. The monoisotopic (exact) mass is 437 g/mol. The molecule has 8 nitrogen and oxygen atoms in total. The Kier molecular flexibility index (Phi) is 5.26. The van der Waals surface area contributed by atoms with Crippen LogP contribution in [0.3, 0.4) is 0 Å². The summed E-state index contributed by atoms with van der Waals surface area (Å²) in [5.74, 6) is 2.49. The van der Waals surface area contributed by atoms with Crippen LogP contribution < -0.4 is 20.7 Å². The number of carbonyl (C=O) groups is 1. The van der Waals surface area contributed by atoms with Gasteiger partial charge in [-0.05, 0) is 67.4 Å². The third-order valence-corrected chi connectivity index (χ3v) is 6.16. The van der Waals surface area contributed by atoms with Crippen molar-refractivity contribution in [3.63, 3.8) is 0 Å². The van der Waals surface area contributed by atoms with E-state index in [1.54, 1.807) is 18.3 Å². The van der Waals surface area contributed by atoms with Crippen LogP contribution in [0, 0.1) is 24.6 Å². The van der Waals surface area contributed by atoms with Gasteiger partial charge in [0.15, 0.2) is 0 Å². The van der Waals surface area contributed by atoms with Crippen LogP contribution in [0.4, 0.5) is 20.7 Å². The molecule has 1 saturated carbocycles. The van der Waals surface area contributed by atoms with Gasteiger partial charge in [-0.25, -0.2) is 19.2 Å². The minimum Gasteiger partial charge on any atom is -0.474 e. The fourth-order valence-electron chi connectivity index (χ4n) is 4.31. The van der Waals surface area contributed by atoms with Crippen molar-refractivity contribution in [2.75, 3.05) is 36.9 Å². The van der Waals surface area contributed by atoms with Gasteiger partial charge in [0.05, 0.1) is 0 Å². The largest absolute Gasteiger partial charge is 0.474 e. The zero-order valence-electron chi connectivity index (χ0n) is 17.6. The quantitative estimate of drug-likeness (QED) is 0.482. The fourth-order valence-corrected chi connectivity index (χ4v) is 4.31. The number of hydrogen-bond donors (Lipinski definition) is 4. The lowest BCUT2D eigenvalue weighted by Gasteiger charge is -2.21. The number of anilines is 2. The summed E-state index contributed by atoms with van der Waals surface area (Å²) in [7, 11) is 0. The molecular formula is C23H24FN5O3. The van der Waals surface area contributed by atoms with Crippen LogP contribution >= 0.6 is 0 Å². The smallest absolute Gasteiger partial charge is 0.410 e. The van der Waals surface area contributed by atoms with Crippen molar-refractivity contribution in [2.45, 2.75) is 13.3 Å². The minimum atomic E-state index is -1.21. The van der Waals surface area contributed by atoms with E-state index >= 15 is 0 Å². The summed E-state index contributed by atoms with van der Waals surface area (Å²) in [5, 5.41) is 18.8. The molecule has 2 fully saturated rings. The molecule has 4 heterocycles. The van der Waals surface area contributed by atoms with Crippen LogP contribution in [0.1, 0.15) is 12.0 Å². The van der Waals surface area contributed by atoms with Gasteiger partial charge in [0, 0.05) is 35.5 Å². The molecule has 166 valence electrons. The first-order valence-electron chi connectivity index (χ1n) is 10.7. The van der Waals surface area contributed by atoms with Crippen LogP contribution in [-0.2, 0) is 0 Å². The highest BCUT2D eigenvalue weighted by molar-refractivity contribution is 5.92. The Morgan fingerprint density at radius 2 is 1.97 bits per heavy atom. The summed E-state index contributed by atoms with van der Waals surface area (Å²) in [4.78, 5) is 19.0. The molecule has 3 aromatic rings. The summed E-state index contributed by atoms with van der Waals surface area (Å²) in [6.45, 7) is 5.70. The Balaban J connectivity index is 0.000000306. The molecule has 6 rings (SSSR count). The molecule has 1 aliphatic carbocycles. The molecule has 0 bridgehead atoms. The Hall–Kier alpha value is -3.46. The topological polar surface area (TPSA) is 108 Å². The standard InChI is InChI=1S/C18H15FN4O3.C5H9N/c1-9-13(8-22-17-16(9)20-2-3-26-17)12-4-10-6-15(23-18(24)25)21-7-11(10)5-14(12)19;1-4-2-6-3-5(1)4/h4-8,20H,2-3H2,1H3,(H,21,23)(H,24,25);4-6H,1-3H2. The zero-order valence-corrected chi connectivity index (χ0v) is 17.6. The predicted molar refractivity (Wildman–Crippen MR) is 120 cm³/mol. The fraction of sp³-hybridized carbons (Fsp3) is 0.348. The Bertz CT molecular complexity index is 1190. The number of ether oxygens (including phenoxy) is 1. The number of aromatic nitrogens is 2. The highest BCUT2D eigenvalue weighted by Crippen LogP contribution is 2.40. The second-order valence-corrected chi connectivity index (χ2v) is 8.35. The van der Waals surface area contributed by atoms with Crippen molar-refractivity contribution < 1.29 is 19.0 Å². The van der Waals surface area contributed by atoms with Gasteiger partial charge in [-0.2, -0.15) is 0 Å². The number of fused-ring (bicyclic) bond motifs is 3. The van der Waals surface area contributed by atoms with E-state index in [1.807, 2.05) is 6.92 Å². The van der Waals surface area contributed by atoms with Crippen molar-refractivity contribution in [3.8, 4) is 17.0 Å². The number of pyridine rings is 2. The molecule has 2 aromatic heterocycles. The second kappa shape index (κ2) is 8.23. The lowest BCUT2D eigenvalue weighted by Crippen LogP contribution is -2.20. The summed E-state index contributed by atoms with van der Waals surface area (Å²) < 4.78 is 20.2. The third-order valence-electron chi connectivity index (χ3n) is 6.16. The Labute approximate surface area is 184 Å². The van der Waals surface area contributed by atoms with Crippen molar-refractivity contribution in [3.05, 3.63) is 42.0 Å². The third kappa shape index (κ3) is 4.03. The normalized spacial score (nSPS) is 20.2. The first-order chi connectivity index (χ1) is 15.5. The lowest BCUT2D eigenvalue weighted by molar-refractivity contribution is 0.209. The maximum absolute atomic E-state index is 14.7. The molecule has 2 atom stereocenters. The van der Waals surface area contributed by atoms with Gasteiger partial charge in [0.2, 0.25) is 5.88 Å². The molecule has 9 heteroatoms. The van der Waals surface area contributed by atoms with E-state index in [0.717, 1.165) is 23.1 Å². The number of rotatable bonds is 2. The van der Waals surface area contributed by atoms with Gasteiger partial charge in [-0.3, -0.25) is 5.32 Å². The summed E-state index contributed by atoms with van der Waals surface area (Å²) in [6, 6.07) is 4.61. The number of nitrogens with zero attached hydrogens (tertiary/aromatic N) is 2. The molecule has 2 unspecified atom stereocenters. The van der Waals surface area contributed by atoms with E-state index in [0.29, 0.717) is 40.9 Å². The number of halogens is 1. The molecule has 1 amide bonds. The van der Waals surface area contributed by atoms with Gasteiger partial charge in [0.1, 0.15) is 23.9 Å². The van der Waals surface area contributed by atoms with Gasteiger partial charge in [0.25, 0.3) is 0 Å². The molecule has 1 saturated heterocycles. The summed E-state index contributed by atoms with van der Waals surface area (Å²) in [5.41, 5.74) is 2.62. The Morgan fingerprint density at radius 1 is 1.16 bits per heavy atom. The number of amides is 1. The average Bonchev–Trinajstić information content (AvgIpc) is 3.38. The van der Waals surface area contributed by atoms with E-state index in [2.05, 4.69) is 25.9 Å². The number of carboxylic acid groups (broad SMARTS) is 1. The second-order valence-electron chi connectivity index (χ2n) is 8.35. The molecular weight excluding hydrogens is 413 g/mol. The van der Waals surface area contributed by atoms with Crippen molar-refractivity contribution >= 4 is 28.4 Å². The van der Waals surface area contributed by atoms with Gasteiger partial charge >= 0.3 is 6.09 Å². The zero-order chi connectivity index (χ0) is 22.2. The molecule has 0 radical (unpaired) electrons. The van der Waals surface area contributed by atoms with Crippen molar-refractivity contribution in [1.29, 1.82) is 0 Å². The van der Waals surface area contributed by atoms with Crippen LogP contribution in [0.15, 0.2) is 30.6 Å². The predicted octanol–water partition coefficient (Wildman–Crippen LogP) is 3.86. The minimum absolute atomic E-state index is 0.179. The molecule has 32 heavy (non-hydrogen) atoms. The summed E-state index contributed by atoms with van der Waals surface area (Å²) in [6.07, 6.45) is 3.33. The van der Waals surface area contributed by atoms with Crippen LogP contribution in [0.5, 0.6) is 5.88 Å². The molecule has 4 N–H and O–H groups in total. The van der Waals surface area contributed by atoms with E-state index in [4.69, 9.17) is 9.84 Å². The molecule has 0 spiro atoms. The SMILES string of the molecule is C1NCC2CC12.Cc1c(-c2cc3cc(NC(=O)O)ncc3cc2F)cnc2c1NCCO2. The first-order valence-corrected chi connectivity index (χ1v) is 10.7. The average molecular weight is 437 g/mol. The van der Waals surface area contributed by atoms with E-state index in [1.165, 1.54) is 31.8 Å². The number of benzene rings is 1. The van der Waals surface area contributed by atoms with Crippen molar-refractivity contribution in [2.24, 2.45) is 11.8 Å². The maximum Gasteiger partial charge on any atom is 0.410 e. The highest BCUT2D eigenvalue weighted by atomic mass is 19.1. The van der Waals surface area contributed by atoms with Crippen LogP contribution in [-0.4, -0.2) is 47.4 Å². The van der Waals surface area contributed by atoms with Gasteiger partial charge in [-0.15, -0.1) is 0 Å².